The average molecular weight is 392 g/mol. The van der Waals surface area contributed by atoms with Crippen LogP contribution >= 0.6 is 0 Å². The van der Waals surface area contributed by atoms with Crippen LogP contribution in [0.3, 0.4) is 0 Å². The Morgan fingerprint density at radius 3 is 2.41 bits per heavy atom. The van der Waals surface area contributed by atoms with E-state index in [1.54, 1.807) is 6.92 Å². The number of anilines is 1. The first-order valence-corrected chi connectivity index (χ1v) is 9.93. The fourth-order valence-corrected chi connectivity index (χ4v) is 3.92. The maximum atomic E-state index is 12.5. The van der Waals surface area contributed by atoms with Crippen LogP contribution in [-0.2, 0) is 14.8 Å². The number of hydrogen-bond acceptors (Lipinski definition) is 5. The van der Waals surface area contributed by atoms with E-state index in [-0.39, 0.29) is 23.1 Å². The van der Waals surface area contributed by atoms with Crippen LogP contribution in [0.1, 0.15) is 35.8 Å². The van der Waals surface area contributed by atoms with Crippen molar-refractivity contribution in [3.05, 3.63) is 59.7 Å². The lowest BCUT2D eigenvalue weighted by Crippen LogP contribution is -2.35. The van der Waals surface area contributed by atoms with Gasteiger partial charge < -0.3 is 15.2 Å². The van der Waals surface area contributed by atoms with Crippen LogP contribution in [0, 0.1) is 0 Å². The minimum atomic E-state index is -3.86. The fourth-order valence-electron chi connectivity index (χ4n) is 2.67. The lowest BCUT2D eigenvalue weighted by Gasteiger charge is -2.18. The van der Waals surface area contributed by atoms with Gasteiger partial charge in [0.25, 0.3) is 0 Å². The molecular weight excluding hydrogens is 368 g/mol. The van der Waals surface area contributed by atoms with Gasteiger partial charge in [0.05, 0.1) is 17.1 Å². The topological polar surface area (TPSA) is 105 Å². The molecule has 2 atom stereocenters. The van der Waals surface area contributed by atoms with Gasteiger partial charge in [0, 0.05) is 24.9 Å². The van der Waals surface area contributed by atoms with Gasteiger partial charge in [0.1, 0.15) is 0 Å². The summed E-state index contributed by atoms with van der Waals surface area (Å²) in [4.78, 5) is 11.6. The third kappa shape index (κ3) is 5.53. The highest BCUT2D eigenvalue weighted by Gasteiger charge is 2.21. The van der Waals surface area contributed by atoms with Crippen molar-refractivity contribution in [1.29, 1.82) is 0 Å². The average Bonchev–Trinajstić information content (AvgIpc) is 2.62. The Balaban J connectivity index is 2.30. The highest BCUT2D eigenvalue weighted by molar-refractivity contribution is 7.89. The second kappa shape index (κ2) is 8.98. The van der Waals surface area contributed by atoms with Crippen LogP contribution in [0.15, 0.2) is 53.4 Å². The van der Waals surface area contributed by atoms with E-state index in [0.29, 0.717) is 5.69 Å². The summed E-state index contributed by atoms with van der Waals surface area (Å²) in [5, 5.41) is 12.7. The second-order valence-corrected chi connectivity index (χ2v) is 7.98. The van der Waals surface area contributed by atoms with Gasteiger partial charge in [-0.15, -0.1) is 0 Å². The van der Waals surface area contributed by atoms with E-state index in [0.717, 1.165) is 11.6 Å². The van der Waals surface area contributed by atoms with Gasteiger partial charge in [0.15, 0.2) is 0 Å². The molecule has 2 rings (SSSR count). The zero-order valence-corrected chi connectivity index (χ0v) is 16.3. The normalized spacial score (nSPS) is 13.7. The Morgan fingerprint density at radius 1 is 1.15 bits per heavy atom. The number of rotatable bonds is 9. The Bertz CT molecular complexity index is 884. The Labute approximate surface area is 159 Å². The number of carboxylic acid groups (broad SMARTS) is 1. The molecule has 2 aromatic carbocycles. The number of carboxylic acids is 1. The van der Waals surface area contributed by atoms with Crippen molar-refractivity contribution in [2.75, 3.05) is 19.0 Å². The predicted octanol–water partition coefficient (Wildman–Crippen LogP) is 2.87. The molecule has 0 aliphatic heterocycles. The number of methoxy groups -OCH3 is 1. The van der Waals surface area contributed by atoms with Gasteiger partial charge in [-0.25, -0.2) is 17.9 Å². The quantitative estimate of drug-likeness (QED) is 0.606. The van der Waals surface area contributed by atoms with E-state index >= 15 is 0 Å². The number of sulfonamides is 1. The van der Waals surface area contributed by atoms with Crippen LogP contribution in [0.2, 0.25) is 0 Å². The van der Waals surface area contributed by atoms with Crippen molar-refractivity contribution in [2.45, 2.75) is 30.8 Å². The molecule has 0 amide bonds. The zero-order valence-electron chi connectivity index (χ0n) is 15.5. The molecule has 0 spiro atoms. The monoisotopic (exact) mass is 392 g/mol. The summed E-state index contributed by atoms with van der Waals surface area (Å²) in [5.74, 6) is -1.21. The highest BCUT2D eigenvalue weighted by atomic mass is 32.2. The third-order valence-corrected chi connectivity index (χ3v) is 5.56. The van der Waals surface area contributed by atoms with Crippen LogP contribution in [0.4, 0.5) is 5.69 Å². The maximum absolute atomic E-state index is 12.5. The number of nitrogens with one attached hydrogen (secondary N) is 2. The van der Waals surface area contributed by atoms with Crippen molar-refractivity contribution in [3.8, 4) is 0 Å². The van der Waals surface area contributed by atoms with Crippen LogP contribution < -0.4 is 10.0 Å². The SMILES string of the molecule is COC[C@H](C)NS(=O)(=O)c1ccc(N[C@@H](C)c2ccccc2)c(C(=O)O)c1. The third-order valence-electron chi connectivity index (χ3n) is 3.98. The van der Waals surface area contributed by atoms with Crippen molar-refractivity contribution < 1.29 is 23.1 Å². The van der Waals surface area contributed by atoms with Crippen molar-refractivity contribution >= 4 is 21.7 Å². The minimum Gasteiger partial charge on any atom is -0.478 e. The molecule has 27 heavy (non-hydrogen) atoms. The van der Waals surface area contributed by atoms with E-state index in [9.17, 15) is 18.3 Å². The van der Waals surface area contributed by atoms with E-state index < -0.39 is 22.0 Å². The molecule has 0 heterocycles. The van der Waals surface area contributed by atoms with Crippen molar-refractivity contribution in [1.82, 2.24) is 4.72 Å². The van der Waals surface area contributed by atoms with Crippen molar-refractivity contribution in [2.24, 2.45) is 0 Å². The molecule has 0 aliphatic rings. The largest absolute Gasteiger partial charge is 0.478 e. The summed E-state index contributed by atoms with van der Waals surface area (Å²) >= 11 is 0. The Morgan fingerprint density at radius 2 is 1.81 bits per heavy atom. The Kier molecular flexibility index (Phi) is 6.95. The van der Waals surface area contributed by atoms with E-state index in [2.05, 4.69) is 10.0 Å². The molecule has 7 nitrogen and oxygen atoms in total. The summed E-state index contributed by atoms with van der Waals surface area (Å²) in [6.45, 7) is 3.77. The van der Waals surface area contributed by atoms with Gasteiger partial charge in [-0.05, 0) is 37.6 Å². The van der Waals surface area contributed by atoms with E-state index in [1.807, 2.05) is 37.3 Å². The van der Waals surface area contributed by atoms with Gasteiger partial charge in [-0.2, -0.15) is 0 Å². The Hall–Kier alpha value is -2.42. The number of ether oxygens (including phenoxy) is 1. The number of carbonyl (C=O) groups is 1. The molecule has 2 aromatic rings. The van der Waals surface area contributed by atoms with Gasteiger partial charge in [0.2, 0.25) is 10.0 Å². The lowest BCUT2D eigenvalue weighted by atomic mass is 10.1. The van der Waals surface area contributed by atoms with Gasteiger partial charge in [-0.3, -0.25) is 0 Å². The fraction of sp³-hybridized carbons (Fsp3) is 0.316. The molecule has 0 bridgehead atoms. The number of benzene rings is 2. The summed E-state index contributed by atoms with van der Waals surface area (Å²) in [5.41, 5.74) is 1.23. The molecule has 0 fully saturated rings. The smallest absolute Gasteiger partial charge is 0.337 e. The molecule has 0 unspecified atom stereocenters. The number of aromatic carboxylic acids is 1. The molecule has 0 aromatic heterocycles. The van der Waals surface area contributed by atoms with E-state index in [1.165, 1.54) is 19.2 Å². The van der Waals surface area contributed by atoms with Gasteiger partial charge in [-0.1, -0.05) is 30.3 Å². The molecule has 0 saturated carbocycles. The zero-order chi connectivity index (χ0) is 20.0. The first-order chi connectivity index (χ1) is 12.7. The standard InChI is InChI=1S/C19H24N2O5S/c1-13(12-26-3)21-27(24,25)16-9-10-18(17(11-16)19(22)23)20-14(2)15-7-5-4-6-8-15/h4-11,13-14,20-21H,12H2,1-3H3,(H,22,23)/t13-,14-/m0/s1. The number of hydrogen-bond donors (Lipinski definition) is 3. The molecule has 0 saturated heterocycles. The second-order valence-electron chi connectivity index (χ2n) is 6.27. The van der Waals surface area contributed by atoms with Gasteiger partial charge >= 0.3 is 5.97 Å². The first kappa shape index (κ1) is 20.9. The minimum absolute atomic E-state index is 0.110. The highest BCUT2D eigenvalue weighted by Crippen LogP contribution is 2.25. The molecular formula is C19H24N2O5S. The van der Waals surface area contributed by atoms with Crippen LogP contribution in [-0.4, -0.2) is 39.3 Å². The van der Waals surface area contributed by atoms with E-state index in [4.69, 9.17) is 4.74 Å². The predicted molar refractivity (Wildman–Crippen MR) is 104 cm³/mol. The van der Waals surface area contributed by atoms with Crippen LogP contribution in [0.5, 0.6) is 0 Å². The van der Waals surface area contributed by atoms with Crippen LogP contribution in [0.25, 0.3) is 0 Å². The molecule has 0 aliphatic carbocycles. The maximum Gasteiger partial charge on any atom is 0.337 e. The molecule has 0 radical (unpaired) electrons. The molecule has 3 N–H and O–H groups in total. The lowest BCUT2D eigenvalue weighted by molar-refractivity contribution is 0.0697. The summed E-state index contributed by atoms with van der Waals surface area (Å²) < 4.78 is 32.3. The summed E-state index contributed by atoms with van der Waals surface area (Å²) in [6, 6.07) is 13.0. The summed E-state index contributed by atoms with van der Waals surface area (Å²) in [7, 11) is -2.38. The van der Waals surface area contributed by atoms with Crippen molar-refractivity contribution in [3.63, 3.8) is 0 Å². The molecule has 146 valence electrons. The molecule has 8 heteroatoms. The summed E-state index contributed by atoms with van der Waals surface area (Å²) in [6.07, 6.45) is 0. The first-order valence-electron chi connectivity index (χ1n) is 8.44.